The van der Waals surface area contributed by atoms with Crippen LogP contribution in [0, 0.1) is 5.92 Å². The Balaban J connectivity index is 2.03. The SMILES string of the molecule is CCC1(C2CCCC2)OC1C(=O)OC. The highest BCUT2D eigenvalue weighted by atomic mass is 16.7. The Bertz CT molecular complexity index is 233. The standard InChI is InChI=1S/C11H18O3/c1-3-11(8-6-4-5-7-8)9(14-11)10(12)13-2/h8-9H,3-7H2,1-2H3. The molecule has 80 valence electrons. The van der Waals surface area contributed by atoms with E-state index in [-0.39, 0.29) is 17.7 Å². The summed E-state index contributed by atoms with van der Waals surface area (Å²) in [6.07, 6.45) is 5.63. The molecule has 1 saturated carbocycles. The van der Waals surface area contributed by atoms with E-state index in [0.29, 0.717) is 5.92 Å². The number of carbonyl (C=O) groups is 1. The van der Waals surface area contributed by atoms with Crippen LogP contribution in [0.1, 0.15) is 39.0 Å². The summed E-state index contributed by atoms with van der Waals surface area (Å²) in [6, 6.07) is 0. The molecule has 2 aliphatic rings. The van der Waals surface area contributed by atoms with Crippen LogP contribution < -0.4 is 0 Å². The van der Waals surface area contributed by atoms with Crippen LogP contribution in [0.3, 0.4) is 0 Å². The van der Waals surface area contributed by atoms with E-state index in [1.54, 1.807) is 0 Å². The smallest absolute Gasteiger partial charge is 0.338 e. The Morgan fingerprint density at radius 3 is 2.64 bits per heavy atom. The van der Waals surface area contributed by atoms with Crippen LogP contribution in [0.15, 0.2) is 0 Å². The molecule has 1 saturated heterocycles. The summed E-state index contributed by atoms with van der Waals surface area (Å²) in [5, 5.41) is 0. The van der Waals surface area contributed by atoms with Gasteiger partial charge in [0.1, 0.15) is 5.60 Å². The molecule has 0 aromatic carbocycles. The quantitative estimate of drug-likeness (QED) is 0.513. The van der Waals surface area contributed by atoms with Gasteiger partial charge in [0.05, 0.1) is 7.11 Å². The van der Waals surface area contributed by atoms with Crippen molar-refractivity contribution in [3.05, 3.63) is 0 Å². The largest absolute Gasteiger partial charge is 0.467 e. The first-order chi connectivity index (χ1) is 6.74. The molecule has 0 amide bonds. The monoisotopic (exact) mass is 198 g/mol. The molecule has 0 spiro atoms. The maximum Gasteiger partial charge on any atom is 0.338 e. The first kappa shape index (κ1) is 9.97. The van der Waals surface area contributed by atoms with Gasteiger partial charge in [-0.2, -0.15) is 0 Å². The molecule has 0 bridgehead atoms. The molecule has 14 heavy (non-hydrogen) atoms. The molecule has 3 heteroatoms. The number of esters is 1. The lowest BCUT2D eigenvalue weighted by Crippen LogP contribution is -2.28. The second-order valence-electron chi connectivity index (χ2n) is 4.31. The third-order valence-electron chi connectivity index (χ3n) is 3.74. The van der Waals surface area contributed by atoms with Crippen molar-refractivity contribution < 1.29 is 14.3 Å². The fraction of sp³-hybridized carbons (Fsp3) is 0.909. The van der Waals surface area contributed by atoms with Crippen LogP contribution >= 0.6 is 0 Å². The van der Waals surface area contributed by atoms with Gasteiger partial charge in [0.15, 0.2) is 6.10 Å². The minimum atomic E-state index is -0.277. The topological polar surface area (TPSA) is 38.8 Å². The zero-order chi connectivity index (χ0) is 10.2. The highest BCUT2D eigenvalue weighted by Crippen LogP contribution is 2.52. The van der Waals surface area contributed by atoms with Crippen molar-refractivity contribution in [1.29, 1.82) is 0 Å². The van der Waals surface area contributed by atoms with Gasteiger partial charge in [0, 0.05) is 0 Å². The minimum absolute atomic E-state index is 0.163. The van der Waals surface area contributed by atoms with Crippen molar-refractivity contribution in [2.75, 3.05) is 7.11 Å². The summed E-state index contributed by atoms with van der Waals surface area (Å²) in [5.74, 6) is 0.385. The Kier molecular flexibility index (Phi) is 2.52. The third kappa shape index (κ3) is 1.34. The summed E-state index contributed by atoms with van der Waals surface area (Å²) >= 11 is 0. The van der Waals surface area contributed by atoms with Gasteiger partial charge in [-0.05, 0) is 25.2 Å². The van der Waals surface area contributed by atoms with E-state index in [9.17, 15) is 4.79 Å². The van der Waals surface area contributed by atoms with Crippen LogP contribution in [-0.2, 0) is 14.3 Å². The zero-order valence-corrected chi connectivity index (χ0v) is 8.91. The van der Waals surface area contributed by atoms with E-state index in [1.807, 2.05) is 0 Å². The van der Waals surface area contributed by atoms with E-state index in [1.165, 1.54) is 32.8 Å². The zero-order valence-electron chi connectivity index (χ0n) is 8.91. The first-order valence-electron chi connectivity index (χ1n) is 5.50. The molecular formula is C11H18O3. The van der Waals surface area contributed by atoms with Gasteiger partial charge in [-0.1, -0.05) is 19.8 Å². The highest BCUT2D eigenvalue weighted by Gasteiger charge is 2.64. The molecule has 3 nitrogen and oxygen atoms in total. The van der Waals surface area contributed by atoms with Crippen LogP contribution in [0.2, 0.25) is 0 Å². The van der Waals surface area contributed by atoms with Gasteiger partial charge in [0.2, 0.25) is 0 Å². The number of epoxide rings is 1. The van der Waals surface area contributed by atoms with E-state index in [0.717, 1.165) is 6.42 Å². The molecule has 2 rings (SSSR count). The lowest BCUT2D eigenvalue weighted by molar-refractivity contribution is -0.142. The van der Waals surface area contributed by atoms with Crippen LogP contribution in [-0.4, -0.2) is 24.8 Å². The second-order valence-corrected chi connectivity index (χ2v) is 4.31. The number of carbonyl (C=O) groups excluding carboxylic acids is 1. The molecule has 1 aliphatic heterocycles. The summed E-state index contributed by atoms with van der Waals surface area (Å²) in [4.78, 5) is 11.4. The fourth-order valence-electron chi connectivity index (χ4n) is 2.82. The molecule has 0 aromatic rings. The minimum Gasteiger partial charge on any atom is -0.467 e. The first-order valence-corrected chi connectivity index (χ1v) is 5.50. The summed E-state index contributed by atoms with van der Waals surface area (Å²) in [5.41, 5.74) is -0.163. The summed E-state index contributed by atoms with van der Waals surface area (Å²) < 4.78 is 10.3. The molecule has 0 N–H and O–H groups in total. The van der Waals surface area contributed by atoms with Gasteiger partial charge in [-0.15, -0.1) is 0 Å². The van der Waals surface area contributed by atoms with Gasteiger partial charge in [-0.25, -0.2) is 4.79 Å². The van der Waals surface area contributed by atoms with Gasteiger partial charge in [-0.3, -0.25) is 0 Å². The van der Waals surface area contributed by atoms with Crippen molar-refractivity contribution in [2.24, 2.45) is 5.92 Å². The molecule has 1 aliphatic carbocycles. The van der Waals surface area contributed by atoms with Crippen LogP contribution in [0.4, 0.5) is 0 Å². The number of ether oxygens (including phenoxy) is 2. The molecule has 1 heterocycles. The molecule has 0 radical (unpaired) electrons. The van der Waals surface area contributed by atoms with Crippen molar-refractivity contribution in [3.8, 4) is 0 Å². The summed E-state index contributed by atoms with van der Waals surface area (Å²) in [6.45, 7) is 2.10. The molecule has 2 atom stereocenters. The van der Waals surface area contributed by atoms with E-state index < -0.39 is 0 Å². The van der Waals surface area contributed by atoms with E-state index >= 15 is 0 Å². The average molecular weight is 198 g/mol. The number of methoxy groups -OCH3 is 1. The average Bonchev–Trinajstić information content (AvgIpc) is 2.71. The van der Waals surface area contributed by atoms with Gasteiger partial charge in [0.25, 0.3) is 0 Å². The third-order valence-corrected chi connectivity index (χ3v) is 3.74. The second kappa shape index (κ2) is 3.54. The van der Waals surface area contributed by atoms with Crippen molar-refractivity contribution >= 4 is 5.97 Å². The molecule has 0 aromatic heterocycles. The molecular weight excluding hydrogens is 180 g/mol. The van der Waals surface area contributed by atoms with Crippen molar-refractivity contribution in [3.63, 3.8) is 0 Å². The number of rotatable bonds is 3. The lowest BCUT2D eigenvalue weighted by Gasteiger charge is -2.17. The Labute approximate surface area is 84.8 Å². The highest BCUT2D eigenvalue weighted by molar-refractivity contribution is 5.79. The lowest BCUT2D eigenvalue weighted by atomic mass is 9.85. The summed E-state index contributed by atoms with van der Waals surface area (Å²) in [7, 11) is 1.43. The normalized spacial score (nSPS) is 37.1. The Morgan fingerprint density at radius 2 is 2.14 bits per heavy atom. The van der Waals surface area contributed by atoms with Gasteiger partial charge < -0.3 is 9.47 Å². The predicted molar refractivity (Wildman–Crippen MR) is 51.9 cm³/mol. The van der Waals surface area contributed by atoms with Crippen molar-refractivity contribution in [1.82, 2.24) is 0 Å². The fourth-order valence-corrected chi connectivity index (χ4v) is 2.82. The maximum atomic E-state index is 11.4. The predicted octanol–water partition coefficient (Wildman–Crippen LogP) is 1.90. The molecule has 2 unspecified atom stereocenters. The van der Waals surface area contributed by atoms with E-state index in [2.05, 4.69) is 6.92 Å². The van der Waals surface area contributed by atoms with Gasteiger partial charge >= 0.3 is 5.97 Å². The molecule has 2 fully saturated rings. The Morgan fingerprint density at radius 1 is 1.50 bits per heavy atom. The van der Waals surface area contributed by atoms with E-state index in [4.69, 9.17) is 9.47 Å². The van der Waals surface area contributed by atoms with Crippen molar-refractivity contribution in [2.45, 2.75) is 50.7 Å². The number of hydrogen-bond acceptors (Lipinski definition) is 3. The number of hydrogen-bond donors (Lipinski definition) is 0. The maximum absolute atomic E-state index is 11.4. The Hall–Kier alpha value is -0.570. The van der Waals surface area contributed by atoms with Crippen LogP contribution in [0.25, 0.3) is 0 Å². The van der Waals surface area contributed by atoms with Crippen LogP contribution in [0.5, 0.6) is 0 Å².